The lowest BCUT2D eigenvalue weighted by Gasteiger charge is -2.33. The van der Waals surface area contributed by atoms with Crippen LogP contribution in [0.25, 0.3) is 0 Å². The molecular weight excluding hydrogens is 136 g/mol. The molecule has 1 heterocycles. The van der Waals surface area contributed by atoms with Crippen LogP contribution in [0, 0.1) is 0 Å². The summed E-state index contributed by atoms with van der Waals surface area (Å²) < 4.78 is 4.91. The van der Waals surface area contributed by atoms with Gasteiger partial charge in [-0.15, -0.1) is 0 Å². The van der Waals surface area contributed by atoms with Crippen molar-refractivity contribution in [1.82, 2.24) is 0 Å². The largest absolute Gasteiger partial charge is 0.388 e. The van der Waals surface area contributed by atoms with E-state index in [1.807, 2.05) is 0 Å². The van der Waals surface area contributed by atoms with E-state index in [2.05, 4.69) is 0 Å². The molecule has 4 atom stereocenters. The first-order chi connectivity index (χ1) is 4.63. The Morgan fingerprint density at radius 2 is 1.80 bits per heavy atom. The van der Waals surface area contributed by atoms with Crippen LogP contribution in [0.2, 0.25) is 0 Å². The molecule has 0 aromatic rings. The van der Waals surface area contributed by atoms with Crippen molar-refractivity contribution < 1.29 is 20.1 Å². The van der Waals surface area contributed by atoms with Gasteiger partial charge in [0.2, 0.25) is 0 Å². The fourth-order valence-corrected chi connectivity index (χ4v) is 0.953. The molecule has 4 nitrogen and oxygen atoms in total. The summed E-state index contributed by atoms with van der Waals surface area (Å²) in [6, 6.07) is 0. The number of hydrogen-bond acceptors (Lipinski definition) is 4. The smallest absolute Gasteiger partial charge is 0.110 e. The van der Waals surface area contributed by atoms with E-state index in [0.717, 1.165) is 0 Å². The Labute approximate surface area is 59.1 Å². The van der Waals surface area contributed by atoms with Crippen LogP contribution in [-0.4, -0.2) is 46.3 Å². The molecule has 0 aromatic carbocycles. The Kier molecular flexibility index (Phi) is 2.25. The van der Waals surface area contributed by atoms with Gasteiger partial charge in [-0.3, -0.25) is 0 Å². The summed E-state index contributed by atoms with van der Waals surface area (Å²) in [4.78, 5) is 0. The summed E-state index contributed by atoms with van der Waals surface area (Å²) in [7, 11) is 0. The van der Waals surface area contributed by atoms with Crippen LogP contribution in [0.3, 0.4) is 0 Å². The minimum atomic E-state index is -1.07. The predicted molar refractivity (Wildman–Crippen MR) is 33.4 cm³/mol. The molecule has 0 saturated carbocycles. The summed E-state index contributed by atoms with van der Waals surface area (Å²) in [5.74, 6) is 0. The van der Waals surface area contributed by atoms with Gasteiger partial charge in [0.1, 0.15) is 18.3 Å². The van der Waals surface area contributed by atoms with Gasteiger partial charge in [-0.25, -0.2) is 0 Å². The molecule has 1 fully saturated rings. The minimum Gasteiger partial charge on any atom is -0.388 e. The molecule has 1 rings (SSSR count). The maximum atomic E-state index is 9.08. The van der Waals surface area contributed by atoms with Crippen LogP contribution < -0.4 is 0 Å². The normalized spacial score (nSPS) is 49.2. The van der Waals surface area contributed by atoms with Crippen LogP contribution in [0.5, 0.6) is 0 Å². The molecule has 0 unspecified atom stereocenters. The molecule has 1 aliphatic rings. The number of ether oxygens (including phenoxy) is 1. The van der Waals surface area contributed by atoms with Gasteiger partial charge in [-0.1, -0.05) is 0 Å². The zero-order valence-electron chi connectivity index (χ0n) is 5.77. The van der Waals surface area contributed by atoms with Crippen molar-refractivity contribution in [2.75, 3.05) is 6.61 Å². The quantitative estimate of drug-likeness (QED) is 0.390. The van der Waals surface area contributed by atoms with E-state index in [4.69, 9.17) is 20.1 Å². The molecule has 3 N–H and O–H groups in total. The summed E-state index contributed by atoms with van der Waals surface area (Å²) >= 11 is 0. The third-order valence-electron chi connectivity index (χ3n) is 1.75. The Morgan fingerprint density at radius 3 is 2.30 bits per heavy atom. The second kappa shape index (κ2) is 2.84. The maximum absolute atomic E-state index is 9.08. The molecule has 0 spiro atoms. The molecule has 1 saturated heterocycles. The van der Waals surface area contributed by atoms with Crippen LogP contribution >= 0.6 is 0 Å². The van der Waals surface area contributed by atoms with Gasteiger partial charge in [-0.05, 0) is 6.92 Å². The van der Waals surface area contributed by atoms with Gasteiger partial charge in [0.15, 0.2) is 0 Å². The van der Waals surface area contributed by atoms with E-state index in [1.54, 1.807) is 6.92 Å². The molecular formula is C6H12O4. The second-order valence-electron chi connectivity index (χ2n) is 2.59. The molecule has 60 valence electrons. The summed E-state index contributed by atoms with van der Waals surface area (Å²) in [6.07, 6.45) is -3.38. The lowest BCUT2D eigenvalue weighted by atomic mass is 10.0. The van der Waals surface area contributed by atoms with Crippen molar-refractivity contribution >= 4 is 0 Å². The van der Waals surface area contributed by atoms with Gasteiger partial charge in [0.05, 0.1) is 12.7 Å². The number of aliphatic hydroxyl groups is 3. The lowest BCUT2D eigenvalue weighted by Crippen LogP contribution is -2.51. The third kappa shape index (κ3) is 1.29. The van der Waals surface area contributed by atoms with Crippen molar-refractivity contribution in [1.29, 1.82) is 0 Å². The van der Waals surface area contributed by atoms with Crippen molar-refractivity contribution in [3.05, 3.63) is 0 Å². The fourth-order valence-electron chi connectivity index (χ4n) is 0.953. The standard InChI is InChI=1S/C6H12O4/c1-3-5(8)6(9)4(7)2-10-3/h3-9H,2H2,1H3/t3-,4-,5-,6-/m1/s1. The van der Waals surface area contributed by atoms with Crippen LogP contribution in [0.15, 0.2) is 0 Å². The van der Waals surface area contributed by atoms with Gasteiger partial charge in [0.25, 0.3) is 0 Å². The van der Waals surface area contributed by atoms with E-state index in [1.165, 1.54) is 0 Å². The molecule has 10 heavy (non-hydrogen) atoms. The van der Waals surface area contributed by atoms with Gasteiger partial charge in [-0.2, -0.15) is 0 Å². The molecule has 0 radical (unpaired) electrons. The zero-order valence-corrected chi connectivity index (χ0v) is 5.77. The zero-order chi connectivity index (χ0) is 7.72. The Balaban J connectivity index is 2.52. The molecule has 0 amide bonds. The predicted octanol–water partition coefficient (Wildman–Crippen LogP) is -1.51. The highest BCUT2D eigenvalue weighted by Gasteiger charge is 2.34. The third-order valence-corrected chi connectivity index (χ3v) is 1.75. The van der Waals surface area contributed by atoms with Crippen LogP contribution in [-0.2, 0) is 4.74 Å². The average molecular weight is 148 g/mol. The van der Waals surface area contributed by atoms with Gasteiger partial charge < -0.3 is 20.1 Å². The van der Waals surface area contributed by atoms with Crippen molar-refractivity contribution in [3.63, 3.8) is 0 Å². The Hall–Kier alpha value is -0.160. The minimum absolute atomic E-state index is 0.0966. The molecule has 0 aromatic heterocycles. The maximum Gasteiger partial charge on any atom is 0.110 e. The second-order valence-corrected chi connectivity index (χ2v) is 2.59. The molecule has 0 bridgehead atoms. The van der Waals surface area contributed by atoms with Gasteiger partial charge >= 0.3 is 0 Å². The highest BCUT2D eigenvalue weighted by atomic mass is 16.5. The summed E-state index contributed by atoms with van der Waals surface area (Å²) in [6.45, 7) is 1.75. The van der Waals surface area contributed by atoms with E-state index < -0.39 is 24.4 Å². The van der Waals surface area contributed by atoms with E-state index in [0.29, 0.717) is 0 Å². The SMILES string of the molecule is C[C@H]1OC[C@@H](O)[C@@H](O)[C@@H]1O. The summed E-state index contributed by atoms with van der Waals surface area (Å²) in [5, 5.41) is 27.0. The fraction of sp³-hybridized carbons (Fsp3) is 1.00. The molecule has 0 aliphatic carbocycles. The average Bonchev–Trinajstić information content (AvgIpc) is 1.93. The first-order valence-electron chi connectivity index (χ1n) is 3.28. The van der Waals surface area contributed by atoms with Crippen molar-refractivity contribution in [3.8, 4) is 0 Å². The number of rotatable bonds is 0. The van der Waals surface area contributed by atoms with Gasteiger partial charge in [0, 0.05) is 0 Å². The molecule has 4 heteroatoms. The van der Waals surface area contributed by atoms with E-state index in [9.17, 15) is 0 Å². The van der Waals surface area contributed by atoms with E-state index >= 15 is 0 Å². The van der Waals surface area contributed by atoms with Crippen molar-refractivity contribution in [2.24, 2.45) is 0 Å². The Bertz CT molecular complexity index is 102. The molecule has 1 aliphatic heterocycles. The Morgan fingerprint density at radius 1 is 1.20 bits per heavy atom. The highest BCUT2D eigenvalue weighted by Crippen LogP contribution is 2.14. The highest BCUT2D eigenvalue weighted by molar-refractivity contribution is 4.83. The number of aliphatic hydroxyl groups excluding tert-OH is 3. The first kappa shape index (κ1) is 7.94. The van der Waals surface area contributed by atoms with Crippen LogP contribution in [0.4, 0.5) is 0 Å². The monoisotopic (exact) mass is 148 g/mol. The topological polar surface area (TPSA) is 69.9 Å². The van der Waals surface area contributed by atoms with Crippen molar-refractivity contribution in [2.45, 2.75) is 31.3 Å². The lowest BCUT2D eigenvalue weighted by molar-refractivity contribution is -0.181. The first-order valence-corrected chi connectivity index (χ1v) is 3.28. The van der Waals surface area contributed by atoms with Crippen LogP contribution in [0.1, 0.15) is 6.92 Å². The van der Waals surface area contributed by atoms with E-state index in [-0.39, 0.29) is 6.61 Å². The number of hydrogen-bond donors (Lipinski definition) is 3. The summed E-state index contributed by atoms with van der Waals surface area (Å²) in [5.41, 5.74) is 0.